The molecular weight excluding hydrogens is 264 g/mol. The summed E-state index contributed by atoms with van der Waals surface area (Å²) >= 11 is 0. The van der Waals surface area contributed by atoms with Crippen molar-refractivity contribution in [3.8, 4) is 0 Å². The molecule has 0 aromatic heterocycles. The van der Waals surface area contributed by atoms with Gasteiger partial charge in [-0.15, -0.1) is 0 Å². The molecule has 2 aromatic rings. The average Bonchev–Trinajstić information content (AvgIpc) is 2.83. The summed E-state index contributed by atoms with van der Waals surface area (Å²) in [6.45, 7) is 0. The van der Waals surface area contributed by atoms with Crippen LogP contribution in [0.1, 0.15) is 34.0 Å². The van der Waals surface area contributed by atoms with Crippen molar-refractivity contribution in [2.75, 3.05) is 0 Å². The molecule has 2 aromatic carbocycles. The molecular formula is C18H14O3. The largest absolute Gasteiger partial charge is 0.453 e. The van der Waals surface area contributed by atoms with E-state index in [-0.39, 0.29) is 18.2 Å². The molecule has 0 amide bonds. The SMILES string of the molecule is O=C(/C=C/c1ccccc1)CC1OC(=O)c2ccccc21. The molecule has 1 heterocycles. The summed E-state index contributed by atoms with van der Waals surface area (Å²) in [5.41, 5.74) is 2.32. The Morgan fingerprint density at radius 1 is 1.05 bits per heavy atom. The second-order valence-corrected chi connectivity index (χ2v) is 4.90. The highest BCUT2D eigenvalue weighted by Gasteiger charge is 2.31. The maximum absolute atomic E-state index is 12.0. The van der Waals surface area contributed by atoms with Gasteiger partial charge in [0.05, 0.1) is 12.0 Å². The van der Waals surface area contributed by atoms with Crippen LogP contribution in [0.25, 0.3) is 6.08 Å². The fraction of sp³-hybridized carbons (Fsp3) is 0.111. The Balaban J connectivity index is 1.69. The fourth-order valence-electron chi connectivity index (χ4n) is 2.38. The van der Waals surface area contributed by atoms with E-state index in [4.69, 9.17) is 4.74 Å². The van der Waals surface area contributed by atoms with Gasteiger partial charge >= 0.3 is 5.97 Å². The third-order valence-corrected chi connectivity index (χ3v) is 3.42. The van der Waals surface area contributed by atoms with Gasteiger partial charge in [0, 0.05) is 5.56 Å². The molecule has 0 spiro atoms. The van der Waals surface area contributed by atoms with Gasteiger partial charge in [-0.2, -0.15) is 0 Å². The van der Waals surface area contributed by atoms with E-state index >= 15 is 0 Å². The zero-order chi connectivity index (χ0) is 14.7. The first-order valence-electron chi connectivity index (χ1n) is 6.80. The van der Waals surface area contributed by atoms with Crippen LogP contribution in [0, 0.1) is 0 Å². The van der Waals surface area contributed by atoms with E-state index in [2.05, 4.69) is 0 Å². The number of hydrogen-bond acceptors (Lipinski definition) is 3. The number of fused-ring (bicyclic) bond motifs is 1. The molecule has 0 fully saturated rings. The van der Waals surface area contributed by atoms with Crippen LogP contribution in [0.4, 0.5) is 0 Å². The lowest BCUT2D eigenvalue weighted by Crippen LogP contribution is -2.04. The van der Waals surface area contributed by atoms with Gasteiger partial charge in [-0.1, -0.05) is 54.6 Å². The minimum Gasteiger partial charge on any atom is -0.453 e. The summed E-state index contributed by atoms with van der Waals surface area (Å²) in [4.78, 5) is 23.7. The molecule has 1 aliphatic heterocycles. The molecule has 21 heavy (non-hydrogen) atoms. The molecule has 1 unspecified atom stereocenters. The minimum atomic E-state index is -0.471. The highest BCUT2D eigenvalue weighted by Crippen LogP contribution is 2.32. The highest BCUT2D eigenvalue weighted by molar-refractivity contribution is 5.97. The summed E-state index contributed by atoms with van der Waals surface area (Å²) in [6.07, 6.45) is 3.00. The lowest BCUT2D eigenvalue weighted by molar-refractivity contribution is -0.116. The van der Waals surface area contributed by atoms with E-state index in [1.165, 1.54) is 6.08 Å². The molecule has 3 rings (SSSR count). The Kier molecular flexibility index (Phi) is 3.65. The number of cyclic esters (lactones) is 1. The van der Waals surface area contributed by atoms with Crippen molar-refractivity contribution in [3.05, 3.63) is 77.4 Å². The van der Waals surface area contributed by atoms with E-state index in [0.717, 1.165) is 11.1 Å². The third kappa shape index (κ3) is 2.92. The Hall–Kier alpha value is -2.68. The molecule has 1 atom stereocenters. The smallest absolute Gasteiger partial charge is 0.339 e. The van der Waals surface area contributed by atoms with Crippen molar-refractivity contribution in [1.82, 2.24) is 0 Å². The molecule has 3 heteroatoms. The van der Waals surface area contributed by atoms with Crippen molar-refractivity contribution in [1.29, 1.82) is 0 Å². The molecule has 0 saturated carbocycles. The van der Waals surface area contributed by atoms with Crippen LogP contribution in [-0.2, 0) is 9.53 Å². The maximum atomic E-state index is 12.0. The summed E-state index contributed by atoms with van der Waals surface area (Å²) in [7, 11) is 0. The van der Waals surface area contributed by atoms with Crippen LogP contribution in [0.15, 0.2) is 60.7 Å². The first kappa shape index (κ1) is 13.3. The predicted molar refractivity (Wildman–Crippen MR) is 79.7 cm³/mol. The van der Waals surface area contributed by atoms with Crippen molar-refractivity contribution in [2.24, 2.45) is 0 Å². The molecule has 0 bridgehead atoms. The van der Waals surface area contributed by atoms with Crippen molar-refractivity contribution in [2.45, 2.75) is 12.5 Å². The number of ether oxygens (including phenoxy) is 1. The number of hydrogen-bond donors (Lipinski definition) is 0. The standard InChI is InChI=1S/C18H14O3/c19-14(11-10-13-6-2-1-3-7-13)12-17-15-8-4-5-9-16(15)18(20)21-17/h1-11,17H,12H2/b11-10+. The van der Waals surface area contributed by atoms with E-state index in [1.54, 1.807) is 18.2 Å². The predicted octanol–water partition coefficient (Wildman–Crippen LogP) is 3.57. The lowest BCUT2D eigenvalue weighted by atomic mass is 10.0. The number of rotatable bonds is 4. The Labute approximate surface area is 122 Å². The normalized spacial score (nSPS) is 16.8. The van der Waals surface area contributed by atoms with Crippen molar-refractivity contribution >= 4 is 17.8 Å². The van der Waals surface area contributed by atoms with Gasteiger partial charge in [0.1, 0.15) is 6.10 Å². The molecule has 0 aliphatic carbocycles. The number of esters is 1. The van der Waals surface area contributed by atoms with Gasteiger partial charge < -0.3 is 4.74 Å². The summed E-state index contributed by atoms with van der Waals surface area (Å²) in [5.74, 6) is -0.413. The van der Waals surface area contributed by atoms with Gasteiger partial charge in [0.25, 0.3) is 0 Å². The number of ketones is 1. The van der Waals surface area contributed by atoms with Crippen LogP contribution >= 0.6 is 0 Å². The monoisotopic (exact) mass is 278 g/mol. The average molecular weight is 278 g/mol. The van der Waals surface area contributed by atoms with Gasteiger partial charge in [-0.05, 0) is 17.7 Å². The number of benzene rings is 2. The molecule has 0 radical (unpaired) electrons. The summed E-state index contributed by atoms with van der Waals surface area (Å²) in [5, 5.41) is 0. The zero-order valence-corrected chi connectivity index (χ0v) is 11.4. The molecule has 3 nitrogen and oxygen atoms in total. The van der Waals surface area contributed by atoms with Crippen molar-refractivity contribution < 1.29 is 14.3 Å². The van der Waals surface area contributed by atoms with Gasteiger partial charge in [-0.25, -0.2) is 4.79 Å². The Morgan fingerprint density at radius 2 is 1.76 bits per heavy atom. The Bertz CT molecular complexity index is 701. The third-order valence-electron chi connectivity index (χ3n) is 3.42. The summed E-state index contributed by atoms with van der Waals surface area (Å²) in [6, 6.07) is 16.8. The molecule has 1 aliphatic rings. The van der Waals surface area contributed by atoms with E-state index in [1.807, 2.05) is 42.5 Å². The van der Waals surface area contributed by atoms with E-state index in [0.29, 0.717) is 5.56 Å². The van der Waals surface area contributed by atoms with Crippen LogP contribution < -0.4 is 0 Å². The quantitative estimate of drug-likeness (QED) is 0.634. The molecule has 104 valence electrons. The number of allylic oxidation sites excluding steroid dienone is 1. The zero-order valence-electron chi connectivity index (χ0n) is 11.4. The van der Waals surface area contributed by atoms with Crippen LogP contribution in [0.5, 0.6) is 0 Å². The topological polar surface area (TPSA) is 43.4 Å². The first-order chi connectivity index (χ1) is 10.2. The molecule has 0 N–H and O–H groups in total. The van der Waals surface area contributed by atoms with Crippen LogP contribution in [0.2, 0.25) is 0 Å². The number of carbonyl (C=O) groups is 2. The van der Waals surface area contributed by atoms with Gasteiger partial charge in [-0.3, -0.25) is 4.79 Å². The fourth-order valence-corrected chi connectivity index (χ4v) is 2.38. The van der Waals surface area contributed by atoms with E-state index in [9.17, 15) is 9.59 Å². The number of carbonyl (C=O) groups excluding carboxylic acids is 2. The highest BCUT2D eigenvalue weighted by atomic mass is 16.5. The maximum Gasteiger partial charge on any atom is 0.339 e. The first-order valence-corrected chi connectivity index (χ1v) is 6.80. The van der Waals surface area contributed by atoms with Crippen LogP contribution in [-0.4, -0.2) is 11.8 Å². The second-order valence-electron chi connectivity index (χ2n) is 4.90. The second kappa shape index (κ2) is 5.75. The van der Waals surface area contributed by atoms with E-state index < -0.39 is 6.10 Å². The van der Waals surface area contributed by atoms with Crippen molar-refractivity contribution in [3.63, 3.8) is 0 Å². The molecule has 0 saturated heterocycles. The van der Waals surface area contributed by atoms with Crippen LogP contribution in [0.3, 0.4) is 0 Å². The summed E-state index contributed by atoms with van der Waals surface area (Å²) < 4.78 is 5.26. The lowest BCUT2D eigenvalue weighted by Gasteiger charge is -2.07. The van der Waals surface area contributed by atoms with Gasteiger partial charge in [0.15, 0.2) is 5.78 Å². The Morgan fingerprint density at radius 3 is 2.57 bits per heavy atom. The van der Waals surface area contributed by atoms with Gasteiger partial charge in [0.2, 0.25) is 0 Å². The minimum absolute atomic E-state index is 0.0617.